The molecule has 0 radical (unpaired) electrons. The van der Waals surface area contributed by atoms with Gasteiger partial charge in [0, 0.05) is 44.8 Å². The lowest BCUT2D eigenvalue weighted by atomic mass is 10.2. The third kappa shape index (κ3) is 5.36. The molecule has 3 heterocycles. The van der Waals surface area contributed by atoms with Gasteiger partial charge in [0.05, 0.1) is 16.1 Å². The van der Waals surface area contributed by atoms with Gasteiger partial charge in [-0.1, -0.05) is 18.2 Å². The summed E-state index contributed by atoms with van der Waals surface area (Å²) in [5.41, 5.74) is 1.17. The van der Waals surface area contributed by atoms with Gasteiger partial charge in [-0.25, -0.2) is 0 Å². The molecule has 4 rings (SSSR count). The van der Waals surface area contributed by atoms with Crippen LogP contribution in [0.4, 0.5) is 10.7 Å². The van der Waals surface area contributed by atoms with E-state index in [1.165, 1.54) is 23.3 Å². The van der Waals surface area contributed by atoms with Gasteiger partial charge >= 0.3 is 0 Å². The molecule has 0 aliphatic carbocycles. The van der Waals surface area contributed by atoms with Crippen LogP contribution in [0.5, 0.6) is 0 Å². The number of nitrogens with one attached hydrogen (secondary N) is 2. The molecule has 8 nitrogen and oxygen atoms in total. The molecule has 1 fully saturated rings. The minimum atomic E-state index is -0.373. The maximum absolute atomic E-state index is 12.5. The molecule has 0 atom stereocenters. The SMILES string of the molecule is O=C(Nc1ccc(C(=O)NCCC(=O)N2CCN(c3ccccc3)CC2)s1)c1ccco1. The van der Waals surface area contributed by atoms with Gasteiger partial charge in [-0.2, -0.15) is 0 Å². The average Bonchev–Trinajstić information content (AvgIpc) is 3.52. The number of carbonyl (C=O) groups is 3. The number of hydrogen-bond donors (Lipinski definition) is 2. The fourth-order valence-corrected chi connectivity index (χ4v) is 4.31. The molecule has 2 N–H and O–H groups in total. The second kappa shape index (κ2) is 10.1. The molecule has 0 saturated carbocycles. The summed E-state index contributed by atoms with van der Waals surface area (Å²) in [6.45, 7) is 3.20. The van der Waals surface area contributed by atoms with Gasteiger partial charge < -0.3 is 24.9 Å². The Balaban J connectivity index is 1.18. The van der Waals surface area contributed by atoms with E-state index in [1.807, 2.05) is 23.1 Å². The summed E-state index contributed by atoms with van der Waals surface area (Å²) >= 11 is 1.17. The van der Waals surface area contributed by atoms with Crippen molar-refractivity contribution < 1.29 is 18.8 Å². The number of carbonyl (C=O) groups excluding carboxylic acids is 3. The molecule has 1 aliphatic heterocycles. The number of piperazine rings is 1. The highest BCUT2D eigenvalue weighted by atomic mass is 32.1. The summed E-state index contributed by atoms with van der Waals surface area (Å²) in [4.78, 5) is 41.5. The van der Waals surface area contributed by atoms with E-state index in [2.05, 4.69) is 27.7 Å². The third-order valence-corrected chi connectivity index (χ3v) is 6.19. The molecule has 3 aromatic rings. The maximum atomic E-state index is 12.5. The predicted molar refractivity (Wildman–Crippen MR) is 123 cm³/mol. The Labute approximate surface area is 189 Å². The first-order valence-electron chi connectivity index (χ1n) is 10.4. The largest absolute Gasteiger partial charge is 0.459 e. The number of rotatable bonds is 7. The summed E-state index contributed by atoms with van der Waals surface area (Å²) in [5, 5.41) is 6.02. The average molecular weight is 453 g/mol. The number of anilines is 2. The van der Waals surface area contributed by atoms with Crippen LogP contribution in [0.1, 0.15) is 26.6 Å². The van der Waals surface area contributed by atoms with E-state index in [-0.39, 0.29) is 36.4 Å². The van der Waals surface area contributed by atoms with Crippen LogP contribution >= 0.6 is 11.3 Å². The Bertz CT molecular complexity index is 1060. The van der Waals surface area contributed by atoms with E-state index in [9.17, 15) is 14.4 Å². The molecular formula is C23H24N4O4S. The van der Waals surface area contributed by atoms with Gasteiger partial charge in [-0.05, 0) is 36.4 Å². The number of nitrogens with zero attached hydrogens (tertiary/aromatic N) is 2. The zero-order valence-electron chi connectivity index (χ0n) is 17.5. The van der Waals surface area contributed by atoms with Gasteiger partial charge in [0.25, 0.3) is 11.8 Å². The third-order valence-electron chi connectivity index (χ3n) is 5.19. The minimum Gasteiger partial charge on any atom is -0.459 e. The van der Waals surface area contributed by atoms with E-state index in [4.69, 9.17) is 4.42 Å². The normalized spacial score (nSPS) is 13.6. The van der Waals surface area contributed by atoms with Crippen molar-refractivity contribution in [3.8, 4) is 0 Å². The maximum Gasteiger partial charge on any atom is 0.291 e. The van der Waals surface area contributed by atoms with Crippen LogP contribution < -0.4 is 15.5 Å². The second-order valence-corrected chi connectivity index (χ2v) is 8.39. The second-order valence-electron chi connectivity index (χ2n) is 7.30. The van der Waals surface area contributed by atoms with Crippen molar-refractivity contribution in [1.82, 2.24) is 10.2 Å². The monoisotopic (exact) mass is 452 g/mol. The molecule has 32 heavy (non-hydrogen) atoms. The van der Waals surface area contributed by atoms with Gasteiger partial charge in [0.1, 0.15) is 0 Å². The fraction of sp³-hybridized carbons (Fsp3) is 0.261. The van der Waals surface area contributed by atoms with E-state index < -0.39 is 0 Å². The molecule has 9 heteroatoms. The van der Waals surface area contributed by atoms with Crippen molar-refractivity contribution in [2.75, 3.05) is 42.9 Å². The number of hydrogen-bond acceptors (Lipinski definition) is 6. The van der Waals surface area contributed by atoms with Crippen LogP contribution in [0, 0.1) is 0 Å². The van der Waals surface area contributed by atoms with Crippen LogP contribution in [0.2, 0.25) is 0 Å². The van der Waals surface area contributed by atoms with E-state index in [1.54, 1.807) is 24.3 Å². The summed E-state index contributed by atoms with van der Waals surface area (Å²) in [6, 6.07) is 16.7. The summed E-state index contributed by atoms with van der Waals surface area (Å²) < 4.78 is 5.05. The summed E-state index contributed by atoms with van der Waals surface area (Å²) in [7, 11) is 0. The predicted octanol–water partition coefficient (Wildman–Crippen LogP) is 3.06. The lowest BCUT2D eigenvalue weighted by Crippen LogP contribution is -2.49. The van der Waals surface area contributed by atoms with E-state index in [0.29, 0.717) is 23.0 Å². The van der Waals surface area contributed by atoms with Gasteiger partial charge in [-0.15, -0.1) is 11.3 Å². The number of thiophene rings is 1. The molecule has 1 aromatic carbocycles. The van der Waals surface area contributed by atoms with Crippen LogP contribution in [-0.2, 0) is 4.79 Å². The number of benzene rings is 1. The molecule has 3 amide bonds. The lowest BCUT2D eigenvalue weighted by Gasteiger charge is -2.36. The van der Waals surface area contributed by atoms with Crippen LogP contribution in [0.3, 0.4) is 0 Å². The standard InChI is InChI=1S/C23H24N4O4S/c28-21(27-14-12-26(13-15-27)17-5-2-1-3-6-17)10-11-24-23(30)19-8-9-20(32-19)25-22(29)18-7-4-16-31-18/h1-9,16H,10-15H2,(H,24,30)(H,25,29). The Morgan fingerprint density at radius 3 is 2.41 bits per heavy atom. The highest BCUT2D eigenvalue weighted by molar-refractivity contribution is 7.18. The Kier molecular flexibility index (Phi) is 6.86. The van der Waals surface area contributed by atoms with Gasteiger partial charge in [-0.3, -0.25) is 14.4 Å². The Morgan fingerprint density at radius 1 is 0.906 bits per heavy atom. The summed E-state index contributed by atoms with van der Waals surface area (Å²) in [5.74, 6) is -0.403. The number of amides is 3. The zero-order chi connectivity index (χ0) is 22.3. The Morgan fingerprint density at radius 2 is 1.69 bits per heavy atom. The molecule has 0 spiro atoms. The van der Waals surface area contributed by atoms with E-state index >= 15 is 0 Å². The van der Waals surface area contributed by atoms with Crippen LogP contribution in [0.15, 0.2) is 65.3 Å². The lowest BCUT2D eigenvalue weighted by molar-refractivity contribution is -0.131. The van der Waals surface area contributed by atoms with Crippen molar-refractivity contribution in [2.45, 2.75) is 6.42 Å². The van der Waals surface area contributed by atoms with Gasteiger partial charge in [0.15, 0.2) is 5.76 Å². The molecule has 0 bridgehead atoms. The fourth-order valence-electron chi connectivity index (χ4n) is 3.49. The molecule has 2 aromatic heterocycles. The molecule has 1 aliphatic rings. The molecule has 0 unspecified atom stereocenters. The van der Waals surface area contributed by atoms with Crippen molar-refractivity contribution in [1.29, 1.82) is 0 Å². The van der Waals surface area contributed by atoms with E-state index in [0.717, 1.165) is 13.1 Å². The zero-order valence-corrected chi connectivity index (χ0v) is 18.3. The van der Waals surface area contributed by atoms with Crippen molar-refractivity contribution in [3.05, 3.63) is 71.5 Å². The van der Waals surface area contributed by atoms with Gasteiger partial charge in [0.2, 0.25) is 5.91 Å². The first-order chi connectivity index (χ1) is 15.6. The highest BCUT2D eigenvalue weighted by Gasteiger charge is 2.21. The number of para-hydroxylation sites is 1. The smallest absolute Gasteiger partial charge is 0.291 e. The Hall–Kier alpha value is -3.59. The molecular weight excluding hydrogens is 428 g/mol. The van der Waals surface area contributed by atoms with Crippen LogP contribution in [-0.4, -0.2) is 55.3 Å². The van der Waals surface area contributed by atoms with Crippen molar-refractivity contribution >= 4 is 39.7 Å². The topological polar surface area (TPSA) is 94.9 Å². The minimum absolute atomic E-state index is 0.0376. The quantitative estimate of drug-likeness (QED) is 0.575. The summed E-state index contributed by atoms with van der Waals surface area (Å²) in [6.07, 6.45) is 1.68. The first kappa shape index (κ1) is 21.6. The number of furan rings is 1. The van der Waals surface area contributed by atoms with Crippen molar-refractivity contribution in [2.24, 2.45) is 0 Å². The van der Waals surface area contributed by atoms with Crippen LogP contribution in [0.25, 0.3) is 0 Å². The molecule has 166 valence electrons. The van der Waals surface area contributed by atoms with Crippen molar-refractivity contribution in [3.63, 3.8) is 0 Å². The molecule has 1 saturated heterocycles. The highest BCUT2D eigenvalue weighted by Crippen LogP contribution is 2.22. The first-order valence-corrected chi connectivity index (χ1v) is 11.2.